The second-order valence-corrected chi connectivity index (χ2v) is 7.06. The summed E-state index contributed by atoms with van der Waals surface area (Å²) in [5.41, 5.74) is 3.26. The topological polar surface area (TPSA) is 15.3 Å². The fourth-order valence-electron chi connectivity index (χ4n) is 3.62. The van der Waals surface area contributed by atoms with Gasteiger partial charge in [0.25, 0.3) is 0 Å². The highest BCUT2D eigenvalue weighted by atomic mass is 15.4. The van der Waals surface area contributed by atoms with Crippen LogP contribution >= 0.6 is 0 Å². The molecule has 104 valence electrons. The number of nitrogens with zero attached hydrogens (tertiary/aromatic N) is 1. The van der Waals surface area contributed by atoms with E-state index in [0.717, 1.165) is 6.54 Å². The summed E-state index contributed by atoms with van der Waals surface area (Å²) in [5, 5.41) is 3.79. The van der Waals surface area contributed by atoms with E-state index in [9.17, 15) is 0 Å². The van der Waals surface area contributed by atoms with Gasteiger partial charge in [-0.15, -0.1) is 0 Å². The van der Waals surface area contributed by atoms with E-state index in [0.29, 0.717) is 0 Å². The van der Waals surface area contributed by atoms with Gasteiger partial charge in [-0.3, -0.25) is 10.2 Å². The number of fused-ring (bicyclic) bond motifs is 1. The van der Waals surface area contributed by atoms with Gasteiger partial charge in [0.2, 0.25) is 0 Å². The molecule has 2 aliphatic rings. The molecule has 0 aliphatic carbocycles. The zero-order valence-electron chi connectivity index (χ0n) is 12.5. The molecule has 0 bridgehead atoms. The van der Waals surface area contributed by atoms with E-state index in [1.165, 1.54) is 43.5 Å². The van der Waals surface area contributed by atoms with E-state index in [-0.39, 0.29) is 11.1 Å². The van der Waals surface area contributed by atoms with Crippen molar-refractivity contribution in [3.63, 3.8) is 0 Å². The van der Waals surface area contributed by atoms with Crippen molar-refractivity contribution in [3.05, 3.63) is 35.4 Å². The monoisotopic (exact) mass is 258 g/mol. The lowest BCUT2D eigenvalue weighted by atomic mass is 9.85. The van der Waals surface area contributed by atoms with Crippen LogP contribution in [0.4, 0.5) is 0 Å². The minimum atomic E-state index is 0.134. The van der Waals surface area contributed by atoms with Gasteiger partial charge in [0.1, 0.15) is 0 Å². The Morgan fingerprint density at radius 3 is 2.42 bits per heavy atom. The predicted molar refractivity (Wildman–Crippen MR) is 80.2 cm³/mol. The summed E-state index contributed by atoms with van der Waals surface area (Å²) in [4.78, 5) is 2.64. The Kier molecular flexibility index (Phi) is 3.18. The number of rotatable bonds is 1. The van der Waals surface area contributed by atoms with Crippen LogP contribution in [0.1, 0.15) is 51.2 Å². The largest absolute Gasteiger partial charge is 0.295 e. The van der Waals surface area contributed by atoms with Crippen molar-refractivity contribution in [1.82, 2.24) is 10.2 Å². The van der Waals surface area contributed by atoms with Crippen LogP contribution in [0, 0.1) is 0 Å². The maximum absolute atomic E-state index is 3.79. The molecule has 0 aromatic heterocycles. The molecule has 0 spiro atoms. The van der Waals surface area contributed by atoms with Gasteiger partial charge >= 0.3 is 0 Å². The van der Waals surface area contributed by atoms with Crippen molar-refractivity contribution in [1.29, 1.82) is 0 Å². The van der Waals surface area contributed by atoms with Crippen LogP contribution in [0.3, 0.4) is 0 Å². The van der Waals surface area contributed by atoms with Crippen molar-refractivity contribution in [2.24, 2.45) is 0 Å². The number of nitrogens with one attached hydrogen (secondary N) is 1. The van der Waals surface area contributed by atoms with Gasteiger partial charge in [-0.2, -0.15) is 0 Å². The summed E-state index contributed by atoms with van der Waals surface area (Å²) < 4.78 is 0. The highest BCUT2D eigenvalue weighted by Crippen LogP contribution is 2.38. The molecule has 1 aromatic carbocycles. The smallest absolute Gasteiger partial charge is 0.0975 e. The Balaban J connectivity index is 1.93. The Morgan fingerprint density at radius 1 is 1.05 bits per heavy atom. The van der Waals surface area contributed by atoms with Crippen LogP contribution < -0.4 is 5.32 Å². The second kappa shape index (κ2) is 4.60. The van der Waals surface area contributed by atoms with Gasteiger partial charge < -0.3 is 0 Å². The maximum Gasteiger partial charge on any atom is 0.0975 e. The van der Waals surface area contributed by atoms with E-state index in [4.69, 9.17) is 0 Å². The van der Waals surface area contributed by atoms with Gasteiger partial charge in [-0.1, -0.05) is 45.0 Å². The quantitative estimate of drug-likeness (QED) is 0.832. The SMILES string of the molecule is CC(C)(C)c1ccc([C@]23CCCN2CCCN3)cc1. The standard InChI is InChI=1S/C17H26N2/c1-16(2,3)14-6-8-15(9-7-14)17-10-4-12-19(17)13-5-11-18-17/h6-9,18H,4-5,10-13H2,1-3H3/t17-/m0/s1. The van der Waals surface area contributed by atoms with E-state index in [1.807, 2.05) is 0 Å². The van der Waals surface area contributed by atoms with Gasteiger partial charge in [0.05, 0.1) is 5.66 Å². The maximum atomic E-state index is 3.79. The first kappa shape index (κ1) is 13.1. The highest BCUT2D eigenvalue weighted by molar-refractivity contribution is 5.32. The Morgan fingerprint density at radius 2 is 1.74 bits per heavy atom. The van der Waals surface area contributed by atoms with Gasteiger partial charge in [0.15, 0.2) is 0 Å². The lowest BCUT2D eigenvalue weighted by Crippen LogP contribution is -2.56. The summed E-state index contributed by atoms with van der Waals surface area (Å²) in [6, 6.07) is 9.32. The van der Waals surface area contributed by atoms with E-state index in [1.54, 1.807) is 0 Å². The zero-order valence-corrected chi connectivity index (χ0v) is 12.5. The molecule has 0 saturated carbocycles. The van der Waals surface area contributed by atoms with Crippen molar-refractivity contribution in [3.8, 4) is 0 Å². The fourth-order valence-corrected chi connectivity index (χ4v) is 3.62. The summed E-state index contributed by atoms with van der Waals surface area (Å²) in [6.45, 7) is 10.5. The average molecular weight is 258 g/mol. The zero-order chi connectivity index (χ0) is 13.5. The molecule has 19 heavy (non-hydrogen) atoms. The molecule has 1 aromatic rings. The Labute approximate surface area is 117 Å². The van der Waals surface area contributed by atoms with Crippen LogP contribution in [0.15, 0.2) is 24.3 Å². The fraction of sp³-hybridized carbons (Fsp3) is 0.647. The number of hydrogen-bond donors (Lipinski definition) is 1. The van der Waals surface area contributed by atoms with Crippen molar-refractivity contribution in [2.75, 3.05) is 19.6 Å². The van der Waals surface area contributed by atoms with E-state index >= 15 is 0 Å². The molecule has 2 saturated heterocycles. The first-order valence-corrected chi connectivity index (χ1v) is 7.63. The third kappa shape index (κ3) is 2.21. The molecular weight excluding hydrogens is 232 g/mol. The lowest BCUT2D eigenvalue weighted by molar-refractivity contribution is 0.0656. The van der Waals surface area contributed by atoms with Crippen LogP contribution in [-0.4, -0.2) is 24.5 Å². The third-order valence-electron chi connectivity index (χ3n) is 4.76. The second-order valence-electron chi connectivity index (χ2n) is 7.06. The molecule has 0 amide bonds. The van der Waals surface area contributed by atoms with Gasteiger partial charge in [-0.05, 0) is 42.3 Å². The first-order chi connectivity index (χ1) is 9.02. The Bertz CT molecular complexity index is 443. The minimum absolute atomic E-state index is 0.134. The average Bonchev–Trinajstić information content (AvgIpc) is 2.83. The molecule has 2 heteroatoms. The van der Waals surface area contributed by atoms with E-state index in [2.05, 4.69) is 55.3 Å². The highest BCUT2D eigenvalue weighted by Gasteiger charge is 2.43. The van der Waals surface area contributed by atoms with Crippen molar-refractivity contribution >= 4 is 0 Å². The molecule has 0 unspecified atom stereocenters. The molecule has 2 aliphatic heterocycles. The summed E-state index contributed by atoms with van der Waals surface area (Å²) >= 11 is 0. The minimum Gasteiger partial charge on any atom is -0.295 e. The summed E-state index contributed by atoms with van der Waals surface area (Å²) in [5.74, 6) is 0. The molecule has 2 heterocycles. The lowest BCUT2D eigenvalue weighted by Gasteiger charge is -2.44. The normalized spacial score (nSPS) is 28.4. The molecule has 2 nitrogen and oxygen atoms in total. The number of benzene rings is 1. The molecule has 1 N–H and O–H groups in total. The van der Waals surface area contributed by atoms with Crippen molar-refractivity contribution in [2.45, 2.75) is 51.1 Å². The van der Waals surface area contributed by atoms with Crippen LogP contribution in [0.25, 0.3) is 0 Å². The molecule has 2 fully saturated rings. The van der Waals surface area contributed by atoms with Gasteiger partial charge in [-0.25, -0.2) is 0 Å². The molecule has 1 atom stereocenters. The third-order valence-corrected chi connectivity index (χ3v) is 4.76. The summed E-state index contributed by atoms with van der Waals surface area (Å²) in [7, 11) is 0. The van der Waals surface area contributed by atoms with Crippen LogP contribution in [-0.2, 0) is 11.1 Å². The molecule has 3 rings (SSSR count). The number of hydrogen-bond acceptors (Lipinski definition) is 2. The van der Waals surface area contributed by atoms with E-state index < -0.39 is 0 Å². The molecular formula is C17H26N2. The first-order valence-electron chi connectivity index (χ1n) is 7.63. The predicted octanol–water partition coefficient (Wildman–Crippen LogP) is 3.23. The van der Waals surface area contributed by atoms with Crippen LogP contribution in [0.5, 0.6) is 0 Å². The molecule has 0 radical (unpaired) electrons. The van der Waals surface area contributed by atoms with Gasteiger partial charge in [0, 0.05) is 13.1 Å². The summed E-state index contributed by atoms with van der Waals surface area (Å²) in [6.07, 6.45) is 3.84. The van der Waals surface area contributed by atoms with Crippen molar-refractivity contribution < 1.29 is 0 Å². The Hall–Kier alpha value is -0.860. The van der Waals surface area contributed by atoms with Crippen LogP contribution in [0.2, 0.25) is 0 Å².